The third-order valence-corrected chi connectivity index (χ3v) is 5.49. The van der Waals surface area contributed by atoms with Gasteiger partial charge in [0.05, 0.1) is 16.3 Å². The van der Waals surface area contributed by atoms with E-state index in [4.69, 9.17) is 16.0 Å². The predicted molar refractivity (Wildman–Crippen MR) is 110 cm³/mol. The van der Waals surface area contributed by atoms with E-state index < -0.39 is 0 Å². The van der Waals surface area contributed by atoms with Crippen molar-refractivity contribution in [3.63, 3.8) is 0 Å². The fourth-order valence-electron chi connectivity index (χ4n) is 2.86. The monoisotopic (exact) mass is 411 g/mol. The van der Waals surface area contributed by atoms with Gasteiger partial charge >= 0.3 is 0 Å². The Morgan fingerprint density at radius 3 is 2.68 bits per heavy atom. The van der Waals surface area contributed by atoms with Gasteiger partial charge in [-0.3, -0.25) is 0 Å². The predicted octanol–water partition coefficient (Wildman–Crippen LogP) is 5.27. The highest BCUT2D eigenvalue weighted by atomic mass is 35.5. The van der Waals surface area contributed by atoms with Crippen molar-refractivity contribution >= 4 is 23.4 Å². The number of halogens is 1. The quantitative estimate of drug-likeness (QED) is 0.402. The lowest BCUT2D eigenvalue weighted by Crippen LogP contribution is -2.00. The molecule has 8 heteroatoms. The lowest BCUT2D eigenvalue weighted by atomic mass is 10.1. The zero-order chi connectivity index (χ0) is 19.5. The van der Waals surface area contributed by atoms with Gasteiger partial charge in [-0.2, -0.15) is 0 Å². The maximum atomic E-state index is 6.20. The average molecular weight is 412 g/mol. The van der Waals surface area contributed by atoms with Crippen molar-refractivity contribution in [2.24, 2.45) is 0 Å². The molecule has 142 valence electrons. The standard InChI is InChI=1S/C20H18ClN5OS/c1-3-26-18(14-8-6-7-13(2)11-14)23-25-20(26)28-12-17-22-24-19(27-17)15-9-4-5-10-16(15)21/h4-11H,3,12H2,1-2H3. The van der Waals surface area contributed by atoms with Crippen LogP contribution in [0.1, 0.15) is 18.4 Å². The first-order valence-corrected chi connectivity index (χ1v) is 10.2. The highest BCUT2D eigenvalue weighted by Gasteiger charge is 2.16. The van der Waals surface area contributed by atoms with Crippen LogP contribution < -0.4 is 0 Å². The van der Waals surface area contributed by atoms with E-state index in [0.717, 1.165) is 28.7 Å². The first-order valence-electron chi connectivity index (χ1n) is 8.86. The molecule has 0 aliphatic heterocycles. The molecule has 0 spiro atoms. The molecular formula is C20H18ClN5OS. The Bertz CT molecular complexity index is 1110. The van der Waals surface area contributed by atoms with Gasteiger partial charge < -0.3 is 8.98 Å². The lowest BCUT2D eigenvalue weighted by Gasteiger charge is -2.07. The Labute approximate surface area is 172 Å². The second kappa shape index (κ2) is 8.16. The summed E-state index contributed by atoms with van der Waals surface area (Å²) in [6.45, 7) is 4.92. The summed E-state index contributed by atoms with van der Waals surface area (Å²) in [6, 6.07) is 15.7. The van der Waals surface area contributed by atoms with E-state index >= 15 is 0 Å². The first-order chi connectivity index (χ1) is 13.7. The molecule has 4 rings (SSSR count). The Hall–Kier alpha value is -2.64. The first kappa shape index (κ1) is 18.7. The summed E-state index contributed by atoms with van der Waals surface area (Å²) in [7, 11) is 0. The number of benzene rings is 2. The SMILES string of the molecule is CCn1c(SCc2nnc(-c3ccccc3Cl)o2)nnc1-c1cccc(C)c1. The molecule has 0 unspecified atom stereocenters. The van der Waals surface area contributed by atoms with E-state index in [9.17, 15) is 0 Å². The minimum absolute atomic E-state index is 0.415. The van der Waals surface area contributed by atoms with E-state index in [-0.39, 0.29) is 0 Å². The number of rotatable bonds is 6. The van der Waals surface area contributed by atoms with Crippen LogP contribution in [0, 0.1) is 6.92 Å². The van der Waals surface area contributed by atoms with Gasteiger partial charge in [-0.15, -0.1) is 20.4 Å². The van der Waals surface area contributed by atoms with Gasteiger partial charge in [-0.1, -0.05) is 59.3 Å². The molecule has 28 heavy (non-hydrogen) atoms. The molecule has 0 atom stereocenters. The normalized spacial score (nSPS) is 11.1. The van der Waals surface area contributed by atoms with E-state index in [1.807, 2.05) is 30.3 Å². The smallest absolute Gasteiger partial charge is 0.249 e. The average Bonchev–Trinajstić information content (AvgIpc) is 3.33. The van der Waals surface area contributed by atoms with Crippen LogP contribution in [0.2, 0.25) is 5.02 Å². The van der Waals surface area contributed by atoms with Crippen molar-refractivity contribution in [3.8, 4) is 22.8 Å². The third-order valence-electron chi connectivity index (χ3n) is 4.21. The highest BCUT2D eigenvalue weighted by Crippen LogP contribution is 2.29. The van der Waals surface area contributed by atoms with Gasteiger partial charge in [-0.05, 0) is 32.0 Å². The molecule has 2 aromatic carbocycles. The molecule has 0 aliphatic carbocycles. The van der Waals surface area contributed by atoms with Crippen LogP contribution in [0.15, 0.2) is 58.1 Å². The lowest BCUT2D eigenvalue weighted by molar-refractivity contribution is 0.528. The largest absolute Gasteiger partial charge is 0.420 e. The van der Waals surface area contributed by atoms with Gasteiger partial charge in [0.2, 0.25) is 11.8 Å². The van der Waals surface area contributed by atoms with Crippen molar-refractivity contribution in [2.75, 3.05) is 0 Å². The summed E-state index contributed by atoms with van der Waals surface area (Å²) in [6.07, 6.45) is 0. The minimum Gasteiger partial charge on any atom is -0.420 e. The number of aryl methyl sites for hydroxylation is 1. The molecule has 0 fully saturated rings. The highest BCUT2D eigenvalue weighted by molar-refractivity contribution is 7.98. The molecule has 0 amide bonds. The van der Waals surface area contributed by atoms with Crippen LogP contribution in [0.3, 0.4) is 0 Å². The molecule has 6 nitrogen and oxygen atoms in total. The van der Waals surface area contributed by atoms with Crippen LogP contribution in [-0.2, 0) is 12.3 Å². The number of hydrogen-bond acceptors (Lipinski definition) is 6. The fraction of sp³-hybridized carbons (Fsp3) is 0.200. The zero-order valence-corrected chi connectivity index (χ0v) is 17.0. The van der Waals surface area contributed by atoms with Crippen molar-refractivity contribution in [2.45, 2.75) is 31.3 Å². The second-order valence-corrected chi connectivity index (χ2v) is 7.54. The molecule has 4 aromatic rings. The van der Waals surface area contributed by atoms with E-state index in [0.29, 0.717) is 22.6 Å². The van der Waals surface area contributed by atoms with Crippen LogP contribution in [0.5, 0.6) is 0 Å². The van der Waals surface area contributed by atoms with Crippen molar-refractivity contribution in [1.29, 1.82) is 0 Å². The van der Waals surface area contributed by atoms with Crippen molar-refractivity contribution < 1.29 is 4.42 Å². The summed E-state index contributed by atoms with van der Waals surface area (Å²) in [5.41, 5.74) is 2.97. The molecule has 0 N–H and O–H groups in total. The second-order valence-electron chi connectivity index (χ2n) is 6.19. The summed E-state index contributed by atoms with van der Waals surface area (Å²) >= 11 is 7.72. The Balaban J connectivity index is 1.52. The molecular weight excluding hydrogens is 394 g/mol. The maximum Gasteiger partial charge on any atom is 0.249 e. The number of aromatic nitrogens is 5. The van der Waals surface area contributed by atoms with Gasteiger partial charge in [0.25, 0.3) is 0 Å². The Morgan fingerprint density at radius 1 is 1.04 bits per heavy atom. The maximum absolute atomic E-state index is 6.20. The van der Waals surface area contributed by atoms with Crippen LogP contribution >= 0.6 is 23.4 Å². The zero-order valence-electron chi connectivity index (χ0n) is 15.5. The van der Waals surface area contributed by atoms with Crippen molar-refractivity contribution in [3.05, 3.63) is 65.0 Å². The third kappa shape index (κ3) is 3.81. The summed E-state index contributed by atoms with van der Waals surface area (Å²) in [5.74, 6) is 2.29. The van der Waals surface area contributed by atoms with Crippen molar-refractivity contribution in [1.82, 2.24) is 25.0 Å². The molecule has 2 aromatic heterocycles. The summed E-state index contributed by atoms with van der Waals surface area (Å²) < 4.78 is 7.86. The molecule has 0 saturated heterocycles. The number of nitrogens with zero attached hydrogens (tertiary/aromatic N) is 5. The molecule has 0 radical (unpaired) electrons. The fourth-order valence-corrected chi connectivity index (χ4v) is 3.92. The number of hydrogen-bond donors (Lipinski definition) is 0. The van der Waals surface area contributed by atoms with Crippen LogP contribution in [-0.4, -0.2) is 25.0 Å². The Kier molecular flexibility index (Phi) is 5.45. The topological polar surface area (TPSA) is 69.6 Å². The van der Waals surface area contributed by atoms with Gasteiger partial charge in [0, 0.05) is 12.1 Å². The van der Waals surface area contributed by atoms with Gasteiger partial charge in [0.15, 0.2) is 11.0 Å². The minimum atomic E-state index is 0.415. The van der Waals surface area contributed by atoms with E-state index in [2.05, 4.69) is 50.9 Å². The molecule has 0 saturated carbocycles. The van der Waals surface area contributed by atoms with Gasteiger partial charge in [-0.25, -0.2) is 0 Å². The van der Waals surface area contributed by atoms with Gasteiger partial charge in [0.1, 0.15) is 0 Å². The number of thioether (sulfide) groups is 1. The molecule has 0 bridgehead atoms. The summed E-state index contributed by atoms with van der Waals surface area (Å²) in [5, 5.41) is 18.4. The molecule has 2 heterocycles. The van der Waals surface area contributed by atoms with Crippen LogP contribution in [0.25, 0.3) is 22.8 Å². The van der Waals surface area contributed by atoms with E-state index in [1.54, 1.807) is 6.07 Å². The van der Waals surface area contributed by atoms with Crippen LogP contribution in [0.4, 0.5) is 0 Å². The Morgan fingerprint density at radius 2 is 1.89 bits per heavy atom. The summed E-state index contributed by atoms with van der Waals surface area (Å²) in [4.78, 5) is 0. The van der Waals surface area contributed by atoms with E-state index in [1.165, 1.54) is 17.3 Å². The molecule has 0 aliphatic rings.